The Balaban J connectivity index is 0.00000529. The van der Waals surface area contributed by atoms with Crippen LogP contribution in [0.1, 0.15) is 56.8 Å². The summed E-state index contributed by atoms with van der Waals surface area (Å²) in [5.41, 5.74) is 6.45. The van der Waals surface area contributed by atoms with E-state index in [1.54, 1.807) is 24.3 Å². The molecule has 0 aromatic heterocycles. The molecular weight excluding hydrogens is 328 g/mol. The summed E-state index contributed by atoms with van der Waals surface area (Å²) in [4.78, 5) is 23.1. The van der Waals surface area contributed by atoms with Gasteiger partial charge in [0.25, 0.3) is 0 Å². The predicted molar refractivity (Wildman–Crippen MR) is 98.9 cm³/mol. The largest absolute Gasteiger partial charge is 0.494 e. The second-order valence-corrected chi connectivity index (χ2v) is 5.88. The number of benzene rings is 1. The van der Waals surface area contributed by atoms with E-state index in [0.29, 0.717) is 37.3 Å². The predicted octanol–water partition coefficient (Wildman–Crippen LogP) is 3.10. The summed E-state index contributed by atoms with van der Waals surface area (Å²) in [6.07, 6.45) is 2.68. The quantitative estimate of drug-likeness (QED) is 0.498. The lowest BCUT2D eigenvalue weighted by Gasteiger charge is -2.26. The van der Waals surface area contributed by atoms with Gasteiger partial charge < -0.3 is 15.8 Å². The third kappa shape index (κ3) is 7.79. The van der Waals surface area contributed by atoms with Crippen molar-refractivity contribution in [2.75, 3.05) is 13.2 Å². The number of ether oxygens (including phenoxy) is 1. The van der Waals surface area contributed by atoms with Crippen molar-refractivity contribution in [2.45, 2.75) is 52.0 Å². The first kappa shape index (κ1) is 22.4. The lowest BCUT2D eigenvalue weighted by Crippen LogP contribution is -2.49. The summed E-state index contributed by atoms with van der Waals surface area (Å²) < 4.78 is 5.58. The van der Waals surface area contributed by atoms with Gasteiger partial charge in [0, 0.05) is 24.1 Å². The van der Waals surface area contributed by atoms with E-state index in [2.05, 4.69) is 5.32 Å². The van der Waals surface area contributed by atoms with Crippen molar-refractivity contribution in [3.8, 4) is 5.75 Å². The van der Waals surface area contributed by atoms with Gasteiger partial charge in [0.15, 0.2) is 5.78 Å². The van der Waals surface area contributed by atoms with Crippen LogP contribution in [0.2, 0.25) is 0 Å². The van der Waals surface area contributed by atoms with E-state index in [-0.39, 0.29) is 29.6 Å². The molecule has 0 aliphatic heterocycles. The van der Waals surface area contributed by atoms with E-state index >= 15 is 0 Å². The van der Waals surface area contributed by atoms with E-state index in [4.69, 9.17) is 10.5 Å². The molecule has 24 heavy (non-hydrogen) atoms. The van der Waals surface area contributed by atoms with Crippen LogP contribution < -0.4 is 15.8 Å². The molecule has 0 bridgehead atoms. The highest BCUT2D eigenvalue weighted by Gasteiger charge is 2.20. The normalized spacial score (nSPS) is 10.7. The number of ketones is 1. The van der Waals surface area contributed by atoms with Crippen LogP contribution in [0.15, 0.2) is 24.3 Å². The Morgan fingerprint density at radius 3 is 2.50 bits per heavy atom. The molecule has 0 radical (unpaired) electrons. The molecule has 1 aromatic carbocycles. The molecule has 1 rings (SSSR count). The molecule has 0 spiro atoms. The average molecular weight is 357 g/mol. The second-order valence-electron chi connectivity index (χ2n) is 5.88. The van der Waals surface area contributed by atoms with Gasteiger partial charge in [-0.15, -0.1) is 12.4 Å². The van der Waals surface area contributed by atoms with Gasteiger partial charge in [-0.1, -0.05) is 26.0 Å². The Bertz CT molecular complexity index is 531. The Morgan fingerprint density at radius 1 is 1.25 bits per heavy atom. The standard InChI is InChI=1S/C18H28N2O3.ClH/c1-4-18(19,5-2)13-20-17(22)10-7-11-23-16-9-6-8-15(12-16)14(3)21;/h6,8-9,12H,4-5,7,10-11,13,19H2,1-3H3,(H,20,22);1H. The summed E-state index contributed by atoms with van der Waals surface area (Å²) >= 11 is 0. The molecule has 3 N–H and O–H groups in total. The minimum absolute atomic E-state index is 0. The molecule has 0 fully saturated rings. The van der Waals surface area contributed by atoms with E-state index in [1.165, 1.54) is 6.92 Å². The molecule has 0 aliphatic rings. The molecule has 1 aromatic rings. The van der Waals surface area contributed by atoms with E-state index in [9.17, 15) is 9.59 Å². The molecule has 1 amide bonds. The Morgan fingerprint density at radius 2 is 1.92 bits per heavy atom. The molecule has 0 saturated carbocycles. The van der Waals surface area contributed by atoms with Crippen molar-refractivity contribution in [1.82, 2.24) is 5.32 Å². The van der Waals surface area contributed by atoms with Crippen molar-refractivity contribution < 1.29 is 14.3 Å². The van der Waals surface area contributed by atoms with Crippen molar-refractivity contribution >= 4 is 24.1 Å². The van der Waals surface area contributed by atoms with E-state index < -0.39 is 0 Å². The summed E-state index contributed by atoms with van der Waals surface area (Å²) in [6.45, 7) is 6.51. The lowest BCUT2D eigenvalue weighted by atomic mass is 9.94. The third-order valence-corrected chi connectivity index (χ3v) is 4.10. The molecule has 6 heteroatoms. The van der Waals surface area contributed by atoms with Gasteiger partial charge in [-0.05, 0) is 38.3 Å². The van der Waals surface area contributed by atoms with Crippen LogP contribution in [0.25, 0.3) is 0 Å². The first-order valence-corrected chi connectivity index (χ1v) is 8.19. The Hall–Kier alpha value is -1.59. The SMILES string of the molecule is CCC(N)(CC)CNC(=O)CCCOc1cccc(C(C)=O)c1.Cl. The number of carbonyl (C=O) groups excluding carboxylic acids is 2. The molecule has 0 atom stereocenters. The fourth-order valence-electron chi connectivity index (χ4n) is 2.09. The van der Waals surface area contributed by atoms with Crippen LogP contribution in [0.4, 0.5) is 0 Å². The van der Waals surface area contributed by atoms with Crippen molar-refractivity contribution in [3.63, 3.8) is 0 Å². The van der Waals surface area contributed by atoms with Crippen LogP contribution in [0.3, 0.4) is 0 Å². The zero-order valence-corrected chi connectivity index (χ0v) is 15.6. The zero-order chi connectivity index (χ0) is 17.3. The molecule has 5 nitrogen and oxygen atoms in total. The average Bonchev–Trinajstić information content (AvgIpc) is 2.57. The van der Waals surface area contributed by atoms with Crippen molar-refractivity contribution in [3.05, 3.63) is 29.8 Å². The number of halogens is 1. The fourth-order valence-corrected chi connectivity index (χ4v) is 2.09. The fraction of sp³-hybridized carbons (Fsp3) is 0.556. The smallest absolute Gasteiger partial charge is 0.220 e. The first-order chi connectivity index (χ1) is 10.9. The molecule has 0 heterocycles. The molecular formula is C18H29ClN2O3. The van der Waals surface area contributed by atoms with Crippen LogP contribution in [0.5, 0.6) is 5.75 Å². The summed E-state index contributed by atoms with van der Waals surface area (Å²) in [5, 5.41) is 2.88. The summed E-state index contributed by atoms with van der Waals surface area (Å²) in [7, 11) is 0. The number of hydrogen-bond donors (Lipinski definition) is 2. The van der Waals surface area contributed by atoms with Crippen molar-refractivity contribution in [1.29, 1.82) is 0 Å². The number of hydrogen-bond acceptors (Lipinski definition) is 4. The number of nitrogens with two attached hydrogens (primary N) is 1. The molecule has 0 aliphatic carbocycles. The highest BCUT2D eigenvalue weighted by molar-refractivity contribution is 5.94. The van der Waals surface area contributed by atoms with E-state index in [0.717, 1.165) is 12.8 Å². The third-order valence-electron chi connectivity index (χ3n) is 4.10. The maximum absolute atomic E-state index is 11.8. The van der Waals surface area contributed by atoms with Crippen molar-refractivity contribution in [2.24, 2.45) is 5.73 Å². The molecule has 0 unspecified atom stereocenters. The summed E-state index contributed by atoms with van der Waals surface area (Å²) in [6, 6.07) is 7.06. The monoisotopic (exact) mass is 356 g/mol. The first-order valence-electron chi connectivity index (χ1n) is 8.19. The van der Waals surface area contributed by atoms with Crippen LogP contribution in [0, 0.1) is 0 Å². The maximum Gasteiger partial charge on any atom is 0.220 e. The van der Waals surface area contributed by atoms with Gasteiger partial charge in [0.2, 0.25) is 5.91 Å². The number of amides is 1. The van der Waals surface area contributed by atoms with Gasteiger partial charge in [0.05, 0.1) is 6.61 Å². The number of carbonyl (C=O) groups is 2. The van der Waals surface area contributed by atoms with Crippen LogP contribution >= 0.6 is 12.4 Å². The Kier molecular flexibility index (Phi) is 10.3. The van der Waals surface area contributed by atoms with Gasteiger partial charge in [-0.3, -0.25) is 9.59 Å². The highest BCUT2D eigenvalue weighted by atomic mass is 35.5. The number of nitrogens with one attached hydrogen (secondary N) is 1. The summed E-state index contributed by atoms with van der Waals surface area (Å²) in [5.74, 6) is 0.644. The molecule has 0 saturated heterocycles. The number of Topliss-reactive ketones (excluding diaryl/α,β-unsaturated/α-hetero) is 1. The number of rotatable bonds is 10. The zero-order valence-electron chi connectivity index (χ0n) is 14.8. The highest BCUT2D eigenvalue weighted by Crippen LogP contribution is 2.14. The van der Waals surface area contributed by atoms with Gasteiger partial charge in [-0.2, -0.15) is 0 Å². The topological polar surface area (TPSA) is 81.4 Å². The van der Waals surface area contributed by atoms with Gasteiger partial charge in [-0.25, -0.2) is 0 Å². The lowest BCUT2D eigenvalue weighted by molar-refractivity contribution is -0.121. The minimum Gasteiger partial charge on any atom is -0.494 e. The van der Waals surface area contributed by atoms with E-state index in [1.807, 2.05) is 13.8 Å². The van der Waals surface area contributed by atoms with Gasteiger partial charge in [0.1, 0.15) is 5.75 Å². The maximum atomic E-state index is 11.8. The Labute approximate surface area is 150 Å². The van der Waals surface area contributed by atoms with Gasteiger partial charge >= 0.3 is 0 Å². The van der Waals surface area contributed by atoms with Crippen LogP contribution in [-0.2, 0) is 4.79 Å². The second kappa shape index (κ2) is 11.0. The minimum atomic E-state index is -0.320. The molecule has 136 valence electrons. The van der Waals surface area contributed by atoms with Crippen LogP contribution in [-0.4, -0.2) is 30.4 Å².